The second-order valence-electron chi connectivity index (χ2n) is 9.46. The monoisotopic (exact) mass is 476 g/mol. The van der Waals surface area contributed by atoms with Crippen LogP contribution in [0.15, 0.2) is 53.4 Å². The molecule has 2 bridgehead atoms. The summed E-state index contributed by atoms with van der Waals surface area (Å²) in [5.74, 6) is -1.69. The lowest BCUT2D eigenvalue weighted by molar-refractivity contribution is -0.141. The van der Waals surface area contributed by atoms with Crippen LogP contribution in [0.25, 0.3) is 22.9 Å². The van der Waals surface area contributed by atoms with E-state index in [2.05, 4.69) is 20.2 Å². The molecule has 176 valence electrons. The number of aliphatic carboxylic acids is 1. The molecule has 1 unspecified atom stereocenters. The van der Waals surface area contributed by atoms with Crippen LogP contribution in [0.4, 0.5) is 14.6 Å². The van der Waals surface area contributed by atoms with E-state index in [1.807, 2.05) is 6.92 Å². The molecule has 5 heterocycles. The Labute approximate surface area is 197 Å². The van der Waals surface area contributed by atoms with E-state index >= 15 is 0 Å². The van der Waals surface area contributed by atoms with Crippen LogP contribution in [0.1, 0.15) is 12.5 Å². The average molecular weight is 476 g/mol. The predicted molar refractivity (Wildman–Crippen MR) is 117 cm³/mol. The van der Waals surface area contributed by atoms with Crippen LogP contribution >= 0.6 is 0 Å². The van der Waals surface area contributed by atoms with E-state index in [4.69, 9.17) is 4.52 Å². The zero-order chi connectivity index (χ0) is 24.1. The molecular weight excluding hydrogens is 458 g/mol. The van der Waals surface area contributed by atoms with Crippen LogP contribution in [-0.2, 0) is 11.3 Å². The molecule has 9 nitrogen and oxygen atoms in total. The molecular formula is C24H18F2N6O3. The van der Waals surface area contributed by atoms with Gasteiger partial charge < -0.3 is 14.5 Å². The number of anilines is 1. The molecule has 2 aliphatic carbocycles. The van der Waals surface area contributed by atoms with E-state index in [9.17, 15) is 18.7 Å². The lowest BCUT2D eigenvalue weighted by atomic mass is 9.96. The van der Waals surface area contributed by atoms with Crippen molar-refractivity contribution in [2.75, 3.05) is 11.4 Å². The zero-order valence-electron chi connectivity index (χ0n) is 18.4. The van der Waals surface area contributed by atoms with Crippen molar-refractivity contribution in [2.45, 2.75) is 19.0 Å². The van der Waals surface area contributed by atoms with Gasteiger partial charge in [-0.1, -0.05) is 30.3 Å². The molecule has 1 aromatic carbocycles. The standard InChI is InChI=1S/C24H18F2N6O3/c1-23-13-11-31(24(23,19(13)23)22(33)34)21-15(26)9-27-20(28-21)17-8-18(16-6-7-35-30-16)32(29-17)10-12-4-2-3-5-14(12)25/h2-9,13,19H,10-11H2,1H3,(H,33,34)/t13-,19+,23-,24?/m0/s1. The maximum atomic E-state index is 14.9. The summed E-state index contributed by atoms with van der Waals surface area (Å²) in [6.45, 7) is 2.48. The number of benzene rings is 1. The maximum absolute atomic E-state index is 14.9. The van der Waals surface area contributed by atoms with Gasteiger partial charge in [-0.05, 0) is 18.1 Å². The van der Waals surface area contributed by atoms with Crippen molar-refractivity contribution in [1.82, 2.24) is 24.9 Å². The summed E-state index contributed by atoms with van der Waals surface area (Å²) in [5.41, 5.74) is 0.301. The molecule has 2 aliphatic heterocycles. The Hall–Kier alpha value is -4.15. The van der Waals surface area contributed by atoms with Crippen LogP contribution in [0.2, 0.25) is 0 Å². The van der Waals surface area contributed by atoms with E-state index < -0.39 is 17.3 Å². The van der Waals surface area contributed by atoms with Gasteiger partial charge in [0.25, 0.3) is 0 Å². The highest BCUT2D eigenvalue weighted by Crippen LogP contribution is 2.92. The number of hydrogen-bond donors (Lipinski definition) is 1. The van der Waals surface area contributed by atoms with E-state index in [0.29, 0.717) is 29.2 Å². The first kappa shape index (κ1) is 20.2. The Kier molecular flexibility index (Phi) is 3.76. The highest BCUT2D eigenvalue weighted by atomic mass is 19.1. The van der Waals surface area contributed by atoms with Crippen LogP contribution in [0.3, 0.4) is 0 Å². The summed E-state index contributed by atoms with van der Waals surface area (Å²) in [7, 11) is 0. The molecule has 8 rings (SSSR count). The molecule has 3 aromatic heterocycles. The van der Waals surface area contributed by atoms with Gasteiger partial charge >= 0.3 is 5.97 Å². The minimum atomic E-state index is -1.11. The molecule has 11 heteroatoms. The van der Waals surface area contributed by atoms with Crippen LogP contribution in [0, 0.1) is 28.9 Å². The summed E-state index contributed by atoms with van der Waals surface area (Å²) in [4.78, 5) is 22.3. The SMILES string of the molecule is C[C@@]12[C@H]3CN(c4nc(-c5cc(-c6ccon6)n(Cc6ccccc6F)n5)ncc4F)C1(C(=O)O)[C@H]32. The largest absolute Gasteiger partial charge is 0.479 e. The summed E-state index contributed by atoms with van der Waals surface area (Å²) in [6.07, 6.45) is 2.45. The molecule has 4 aliphatic rings. The molecule has 2 saturated heterocycles. The van der Waals surface area contributed by atoms with Crippen molar-refractivity contribution in [1.29, 1.82) is 0 Å². The first-order valence-electron chi connectivity index (χ1n) is 11.1. The van der Waals surface area contributed by atoms with Gasteiger partial charge in [0.1, 0.15) is 29.0 Å². The third-order valence-electron chi connectivity index (χ3n) is 8.00. The number of rotatable bonds is 6. The fourth-order valence-corrected chi connectivity index (χ4v) is 6.22. The van der Waals surface area contributed by atoms with Gasteiger partial charge in [-0.15, -0.1) is 0 Å². The Morgan fingerprint density at radius 1 is 1.23 bits per heavy atom. The molecule has 4 atom stereocenters. The number of fused-ring (bicyclic) bond motifs is 1. The molecule has 0 amide bonds. The number of hydrogen-bond acceptors (Lipinski definition) is 7. The summed E-state index contributed by atoms with van der Waals surface area (Å²) in [5, 5.41) is 18.5. The fourth-order valence-electron chi connectivity index (χ4n) is 6.22. The first-order valence-corrected chi connectivity index (χ1v) is 11.1. The van der Waals surface area contributed by atoms with Gasteiger partial charge in [0.15, 0.2) is 17.5 Å². The lowest BCUT2D eigenvalue weighted by Crippen LogP contribution is -2.45. The Morgan fingerprint density at radius 3 is 2.74 bits per heavy atom. The van der Waals surface area contributed by atoms with Crippen molar-refractivity contribution >= 4 is 11.8 Å². The Bertz CT molecular complexity index is 1520. The van der Waals surface area contributed by atoms with Crippen LogP contribution < -0.4 is 4.90 Å². The van der Waals surface area contributed by atoms with Crippen LogP contribution in [-0.4, -0.2) is 48.1 Å². The molecule has 4 fully saturated rings. The second kappa shape index (κ2) is 6.49. The normalized spacial score (nSPS) is 27.7. The van der Waals surface area contributed by atoms with Crippen molar-refractivity contribution in [2.24, 2.45) is 17.3 Å². The minimum absolute atomic E-state index is 0.0176. The lowest BCUT2D eigenvalue weighted by Gasteiger charge is -2.27. The van der Waals surface area contributed by atoms with Gasteiger partial charge in [-0.3, -0.25) is 4.68 Å². The van der Waals surface area contributed by atoms with Crippen molar-refractivity contribution < 1.29 is 23.2 Å². The van der Waals surface area contributed by atoms with Gasteiger partial charge in [-0.25, -0.2) is 23.5 Å². The van der Waals surface area contributed by atoms with E-state index in [-0.39, 0.29) is 41.3 Å². The number of carboxylic acids is 1. The Morgan fingerprint density at radius 2 is 2.03 bits per heavy atom. The zero-order valence-corrected chi connectivity index (χ0v) is 18.4. The smallest absolute Gasteiger partial charge is 0.330 e. The quantitative estimate of drug-likeness (QED) is 0.452. The highest BCUT2D eigenvalue weighted by Gasteiger charge is 3.02. The number of carbonyl (C=O) groups is 1. The van der Waals surface area contributed by atoms with E-state index in [0.717, 1.165) is 6.20 Å². The van der Waals surface area contributed by atoms with Gasteiger partial charge in [0.05, 0.1) is 18.4 Å². The van der Waals surface area contributed by atoms with Gasteiger partial charge in [-0.2, -0.15) is 5.10 Å². The topological polar surface area (TPSA) is 110 Å². The number of piperidine rings is 1. The summed E-state index contributed by atoms with van der Waals surface area (Å²) >= 11 is 0. The van der Waals surface area contributed by atoms with Crippen molar-refractivity contribution in [3.05, 3.63) is 66.1 Å². The molecule has 2 saturated carbocycles. The number of nitrogens with zero attached hydrogens (tertiary/aromatic N) is 6. The second-order valence-corrected chi connectivity index (χ2v) is 9.46. The van der Waals surface area contributed by atoms with Gasteiger partial charge in [0, 0.05) is 29.5 Å². The van der Waals surface area contributed by atoms with Crippen molar-refractivity contribution in [3.8, 4) is 22.9 Å². The van der Waals surface area contributed by atoms with E-state index in [1.165, 1.54) is 12.3 Å². The maximum Gasteiger partial charge on any atom is 0.330 e. The van der Waals surface area contributed by atoms with Gasteiger partial charge in [0.2, 0.25) is 0 Å². The minimum Gasteiger partial charge on any atom is -0.479 e. The molecule has 0 spiro atoms. The van der Waals surface area contributed by atoms with E-state index in [1.54, 1.807) is 39.9 Å². The molecule has 1 N–H and O–H groups in total. The number of aromatic nitrogens is 5. The summed E-state index contributed by atoms with van der Waals surface area (Å²) in [6, 6.07) is 9.67. The van der Waals surface area contributed by atoms with Crippen molar-refractivity contribution in [3.63, 3.8) is 0 Å². The average Bonchev–Trinajstić information content (AvgIpc) is 3.33. The third-order valence-corrected chi connectivity index (χ3v) is 8.00. The third kappa shape index (κ3) is 2.42. The first-order chi connectivity index (χ1) is 16.9. The molecule has 4 aromatic rings. The molecule has 35 heavy (non-hydrogen) atoms. The fraction of sp³-hybridized carbons (Fsp3) is 0.292. The Balaban J connectivity index is 1.30. The number of carboxylic acid groups (broad SMARTS) is 1. The summed E-state index contributed by atoms with van der Waals surface area (Å²) < 4.78 is 35.7. The predicted octanol–water partition coefficient (Wildman–Crippen LogP) is 3.23. The highest BCUT2D eigenvalue weighted by molar-refractivity contribution is 5.96. The number of halogens is 2. The van der Waals surface area contributed by atoms with Crippen LogP contribution in [0.5, 0.6) is 0 Å². The molecule has 0 radical (unpaired) electrons.